The molecule has 1 aromatic rings. The van der Waals surface area contributed by atoms with E-state index < -0.39 is 11.9 Å². The number of hydrogen-bond donors (Lipinski definition) is 2. The van der Waals surface area contributed by atoms with Gasteiger partial charge in [0.25, 0.3) is 5.91 Å². The van der Waals surface area contributed by atoms with Gasteiger partial charge in [-0.05, 0) is 39.8 Å². The third kappa shape index (κ3) is 4.36. The lowest BCUT2D eigenvalue weighted by Crippen LogP contribution is -2.19. The highest BCUT2D eigenvalue weighted by atomic mass is 79.9. The first-order valence-corrected chi connectivity index (χ1v) is 8.02. The van der Waals surface area contributed by atoms with Gasteiger partial charge in [0.1, 0.15) is 0 Å². The van der Waals surface area contributed by atoms with Crippen molar-refractivity contribution in [1.29, 1.82) is 0 Å². The summed E-state index contributed by atoms with van der Waals surface area (Å²) in [7, 11) is 2.67. The predicted octanol–water partition coefficient (Wildman–Crippen LogP) is 1.77. The van der Waals surface area contributed by atoms with Crippen LogP contribution in [0.1, 0.15) is 5.56 Å². The van der Waals surface area contributed by atoms with E-state index in [4.69, 9.17) is 4.74 Å². The third-order valence-corrected chi connectivity index (χ3v) is 4.33. The molecule has 0 aromatic heterocycles. The van der Waals surface area contributed by atoms with Crippen LogP contribution in [0.25, 0.3) is 0 Å². The summed E-state index contributed by atoms with van der Waals surface area (Å²) in [5.41, 5.74) is 0.567. The first kappa shape index (κ1) is 18.0. The number of esters is 1. The summed E-state index contributed by atoms with van der Waals surface area (Å²) in [5.74, 6) is -0.805. The van der Waals surface area contributed by atoms with Crippen LogP contribution in [-0.2, 0) is 14.3 Å². The highest BCUT2D eigenvalue weighted by Gasteiger charge is 2.25. The zero-order valence-electron chi connectivity index (χ0n) is 12.6. The zero-order chi connectivity index (χ0) is 17.7. The van der Waals surface area contributed by atoms with Gasteiger partial charge in [0.2, 0.25) is 0 Å². The molecule has 24 heavy (non-hydrogen) atoms. The fraction of sp³-hybridized carbons (Fsp3) is 0.143. The number of ether oxygens (including phenoxy) is 2. The Bertz CT molecular complexity index is 776. The molecule has 10 heteroatoms. The van der Waals surface area contributed by atoms with Crippen molar-refractivity contribution in [3.63, 3.8) is 0 Å². The normalized spacial score (nSPS) is 17.5. The molecule has 1 aromatic carbocycles. The van der Waals surface area contributed by atoms with Gasteiger partial charge in [-0.1, -0.05) is 0 Å². The Hall–Kier alpha value is -2.33. The topological polar surface area (TPSA) is 110 Å². The van der Waals surface area contributed by atoms with E-state index in [1.165, 1.54) is 26.5 Å². The van der Waals surface area contributed by atoms with Crippen LogP contribution in [0.4, 0.5) is 0 Å². The number of nitrogens with zero attached hydrogens (tertiary/aromatic N) is 2. The molecule has 1 amide bonds. The lowest BCUT2D eigenvalue weighted by atomic mass is 10.2. The van der Waals surface area contributed by atoms with Crippen molar-refractivity contribution in [2.45, 2.75) is 0 Å². The number of thioether (sulfide) groups is 1. The van der Waals surface area contributed by atoms with Gasteiger partial charge in [-0.2, -0.15) is 5.10 Å². The summed E-state index contributed by atoms with van der Waals surface area (Å²) >= 11 is 4.29. The highest BCUT2D eigenvalue weighted by Crippen LogP contribution is 2.31. The molecule has 126 valence electrons. The molecule has 0 spiro atoms. The smallest absolute Gasteiger partial charge is 0.331 e. The maximum Gasteiger partial charge on any atom is 0.331 e. The van der Waals surface area contributed by atoms with Crippen LogP contribution in [0.2, 0.25) is 0 Å². The monoisotopic (exact) mass is 413 g/mol. The number of phenols is 1. The molecule has 0 aliphatic carbocycles. The van der Waals surface area contributed by atoms with Gasteiger partial charge in [-0.25, -0.2) is 4.79 Å². The molecule has 0 unspecified atom stereocenters. The molecule has 1 aliphatic rings. The Morgan fingerprint density at radius 1 is 1.42 bits per heavy atom. The quantitative estimate of drug-likeness (QED) is 0.337. The third-order valence-electron chi connectivity index (χ3n) is 2.74. The molecule has 1 aliphatic heterocycles. The summed E-state index contributed by atoms with van der Waals surface area (Å²) in [6, 6.07) is 3.04. The fourth-order valence-corrected chi connectivity index (χ4v) is 2.77. The van der Waals surface area contributed by atoms with E-state index in [9.17, 15) is 14.7 Å². The van der Waals surface area contributed by atoms with Gasteiger partial charge in [0, 0.05) is 16.1 Å². The number of phenolic OH excluding ortho intramolecular Hbond substituents is 1. The molecule has 1 heterocycles. The van der Waals surface area contributed by atoms with Crippen LogP contribution >= 0.6 is 27.7 Å². The number of halogens is 1. The summed E-state index contributed by atoms with van der Waals surface area (Å²) < 4.78 is 10.1. The van der Waals surface area contributed by atoms with Crippen LogP contribution in [-0.4, -0.2) is 42.6 Å². The Balaban J connectivity index is 2.13. The number of rotatable bonds is 4. The van der Waals surface area contributed by atoms with Crippen LogP contribution in [0.3, 0.4) is 0 Å². The fourth-order valence-electron chi connectivity index (χ4n) is 1.61. The van der Waals surface area contributed by atoms with Crippen molar-refractivity contribution in [1.82, 2.24) is 5.32 Å². The second-order valence-corrected chi connectivity index (χ2v) is 6.17. The number of carbonyl (C=O) groups is 2. The van der Waals surface area contributed by atoms with Gasteiger partial charge in [-0.15, -0.1) is 5.10 Å². The number of carbonyl (C=O) groups excluding carboxylic acids is 2. The number of benzene rings is 1. The van der Waals surface area contributed by atoms with E-state index in [2.05, 4.69) is 36.2 Å². The summed E-state index contributed by atoms with van der Waals surface area (Å²) in [4.78, 5) is 22.9. The number of amidine groups is 1. The van der Waals surface area contributed by atoms with Gasteiger partial charge in [-0.3, -0.25) is 10.1 Å². The second kappa shape index (κ2) is 7.97. The minimum atomic E-state index is -0.630. The molecule has 1 saturated heterocycles. The van der Waals surface area contributed by atoms with Crippen molar-refractivity contribution in [2.75, 3.05) is 14.2 Å². The molecule has 8 nitrogen and oxygen atoms in total. The van der Waals surface area contributed by atoms with Gasteiger partial charge < -0.3 is 14.6 Å². The lowest BCUT2D eigenvalue weighted by Gasteiger charge is -2.05. The van der Waals surface area contributed by atoms with E-state index in [-0.39, 0.29) is 15.8 Å². The number of aromatic hydroxyl groups is 1. The van der Waals surface area contributed by atoms with Gasteiger partial charge >= 0.3 is 5.97 Å². The highest BCUT2D eigenvalue weighted by molar-refractivity contribution is 9.10. The molecule has 0 saturated carbocycles. The Morgan fingerprint density at radius 2 is 2.17 bits per heavy atom. The van der Waals surface area contributed by atoms with Crippen LogP contribution < -0.4 is 10.1 Å². The average molecular weight is 414 g/mol. The summed E-state index contributed by atoms with van der Waals surface area (Å²) in [6.07, 6.45) is 2.47. The molecule has 0 atom stereocenters. The Kier molecular flexibility index (Phi) is 5.99. The average Bonchev–Trinajstić information content (AvgIpc) is 2.89. The Morgan fingerprint density at radius 3 is 2.83 bits per heavy atom. The van der Waals surface area contributed by atoms with Crippen LogP contribution in [0.15, 0.2) is 37.8 Å². The molecule has 2 N–H and O–H groups in total. The van der Waals surface area contributed by atoms with Gasteiger partial charge in [0.05, 0.1) is 25.3 Å². The van der Waals surface area contributed by atoms with Crippen LogP contribution in [0.5, 0.6) is 11.5 Å². The SMILES string of the molecule is COC(=O)/C=C1/S/C(=N\N=Cc2cc(O)c(OC)cc2Br)NC1=O. The first-order valence-electron chi connectivity index (χ1n) is 6.41. The lowest BCUT2D eigenvalue weighted by molar-refractivity contribution is -0.135. The molecular weight excluding hydrogens is 402 g/mol. The van der Waals surface area contributed by atoms with E-state index >= 15 is 0 Å². The minimum Gasteiger partial charge on any atom is -0.504 e. The van der Waals surface area contributed by atoms with Crippen molar-refractivity contribution in [2.24, 2.45) is 10.2 Å². The van der Waals surface area contributed by atoms with E-state index in [1.807, 2.05) is 0 Å². The van der Waals surface area contributed by atoms with E-state index in [0.717, 1.165) is 17.8 Å². The van der Waals surface area contributed by atoms with Crippen molar-refractivity contribution >= 4 is 51.0 Å². The molecular formula is C14H12BrN3O5S. The van der Waals surface area contributed by atoms with Crippen molar-refractivity contribution in [3.8, 4) is 11.5 Å². The largest absolute Gasteiger partial charge is 0.504 e. The molecule has 0 radical (unpaired) electrons. The maximum absolute atomic E-state index is 11.6. The van der Waals surface area contributed by atoms with Gasteiger partial charge in [0.15, 0.2) is 16.7 Å². The van der Waals surface area contributed by atoms with Crippen molar-refractivity contribution in [3.05, 3.63) is 33.2 Å². The van der Waals surface area contributed by atoms with Crippen LogP contribution in [0, 0.1) is 0 Å². The number of hydrogen-bond acceptors (Lipinski definition) is 8. The molecule has 1 fully saturated rings. The standard InChI is InChI=1S/C14H12BrN3O5S/c1-22-10-4-8(15)7(3-9(10)19)6-16-18-14-17-13(21)11(24-14)5-12(20)23-2/h3-6,19H,1-2H3,(H,17,18,21)/b11-5+,16-6?. The zero-order valence-corrected chi connectivity index (χ0v) is 15.0. The number of nitrogens with one attached hydrogen (secondary N) is 1. The van der Waals surface area contributed by atoms with E-state index in [1.54, 1.807) is 6.07 Å². The maximum atomic E-state index is 11.6. The Labute approximate surface area is 149 Å². The van der Waals surface area contributed by atoms with E-state index in [0.29, 0.717) is 15.8 Å². The number of methoxy groups -OCH3 is 2. The number of amides is 1. The summed E-state index contributed by atoms with van der Waals surface area (Å²) in [5, 5.41) is 20.1. The van der Waals surface area contributed by atoms with Crippen molar-refractivity contribution < 1.29 is 24.2 Å². The molecule has 2 rings (SSSR count). The first-order chi connectivity index (χ1) is 11.4. The summed E-state index contributed by atoms with van der Waals surface area (Å²) in [6.45, 7) is 0. The second-order valence-electron chi connectivity index (χ2n) is 4.28. The predicted molar refractivity (Wildman–Crippen MR) is 93.2 cm³/mol. The molecule has 0 bridgehead atoms. The minimum absolute atomic E-state index is 0.0401.